The van der Waals surface area contributed by atoms with Gasteiger partial charge in [-0.3, -0.25) is 9.59 Å². The molecule has 0 unspecified atom stereocenters. The monoisotopic (exact) mass is 356 g/mol. The summed E-state index contributed by atoms with van der Waals surface area (Å²) < 4.78 is 0. The van der Waals surface area contributed by atoms with Crippen LogP contribution < -0.4 is 5.32 Å². The summed E-state index contributed by atoms with van der Waals surface area (Å²) in [5.74, 6) is -0.204. The van der Waals surface area contributed by atoms with E-state index in [9.17, 15) is 9.59 Å². The zero-order valence-electron chi connectivity index (χ0n) is 14.3. The molecule has 0 spiro atoms. The lowest BCUT2D eigenvalue weighted by Gasteiger charge is -2.09. The van der Waals surface area contributed by atoms with Crippen LogP contribution in [0.15, 0.2) is 54.6 Å². The first kappa shape index (κ1) is 18.7. The third-order valence-corrected chi connectivity index (χ3v) is 3.83. The minimum atomic E-state index is -0.157. The Morgan fingerprint density at radius 1 is 1.12 bits per heavy atom. The molecule has 4 nitrogen and oxygen atoms in total. The van der Waals surface area contributed by atoms with Crippen LogP contribution in [0, 0.1) is 0 Å². The summed E-state index contributed by atoms with van der Waals surface area (Å²) in [6.07, 6.45) is 3.93. The number of amides is 2. The molecule has 0 heterocycles. The number of hydrogen-bond donors (Lipinski definition) is 1. The fraction of sp³-hybridized carbons (Fsp3) is 0.200. The summed E-state index contributed by atoms with van der Waals surface area (Å²) in [6, 6.07) is 14.7. The Labute approximate surface area is 153 Å². The number of rotatable bonds is 6. The van der Waals surface area contributed by atoms with Gasteiger partial charge in [-0.1, -0.05) is 35.9 Å². The molecule has 25 heavy (non-hydrogen) atoms. The number of nitrogens with one attached hydrogen (secondary N) is 1. The first-order valence-electron chi connectivity index (χ1n) is 7.98. The van der Waals surface area contributed by atoms with Gasteiger partial charge in [-0.25, -0.2) is 0 Å². The Bertz CT molecular complexity index is 768. The zero-order chi connectivity index (χ0) is 18.2. The van der Waals surface area contributed by atoms with Crippen molar-refractivity contribution >= 4 is 29.5 Å². The van der Waals surface area contributed by atoms with Gasteiger partial charge in [-0.2, -0.15) is 0 Å². The smallest absolute Gasteiger partial charge is 0.253 e. The van der Waals surface area contributed by atoms with Crippen LogP contribution in [0.1, 0.15) is 21.5 Å². The maximum atomic E-state index is 11.9. The molecule has 0 fully saturated rings. The maximum absolute atomic E-state index is 11.9. The van der Waals surface area contributed by atoms with Crippen LogP contribution in [0.3, 0.4) is 0 Å². The molecule has 0 aliphatic rings. The van der Waals surface area contributed by atoms with Gasteiger partial charge in [-0.15, -0.1) is 0 Å². The van der Waals surface area contributed by atoms with Gasteiger partial charge >= 0.3 is 0 Å². The lowest BCUT2D eigenvalue weighted by Crippen LogP contribution is -2.23. The van der Waals surface area contributed by atoms with Crippen molar-refractivity contribution in [3.8, 4) is 0 Å². The van der Waals surface area contributed by atoms with Crippen LogP contribution in [0.4, 0.5) is 0 Å². The Balaban J connectivity index is 1.82. The van der Waals surface area contributed by atoms with Crippen molar-refractivity contribution in [2.24, 2.45) is 0 Å². The van der Waals surface area contributed by atoms with Crippen LogP contribution in [-0.4, -0.2) is 37.4 Å². The molecule has 0 aliphatic heterocycles. The minimum absolute atomic E-state index is 0.0470. The largest absolute Gasteiger partial charge is 0.352 e. The standard InChI is InChI=1S/C20H21ClN2O2/c1-23(2)20(25)17-9-6-15(7-10-17)8-11-19(24)22-13-12-16-4-3-5-18(21)14-16/h3-11,14H,12-13H2,1-2H3,(H,22,24)/b11-8+. The molecule has 2 rings (SSSR count). The molecular formula is C20H21ClN2O2. The Morgan fingerprint density at radius 2 is 1.84 bits per heavy atom. The van der Waals surface area contributed by atoms with E-state index < -0.39 is 0 Å². The Morgan fingerprint density at radius 3 is 2.48 bits per heavy atom. The molecule has 2 aromatic carbocycles. The fourth-order valence-corrected chi connectivity index (χ4v) is 2.46. The second-order valence-corrected chi connectivity index (χ2v) is 6.26. The predicted octanol–water partition coefficient (Wildman–Crippen LogP) is 3.41. The van der Waals surface area contributed by atoms with Crippen LogP contribution >= 0.6 is 11.6 Å². The second kappa shape index (κ2) is 9.04. The summed E-state index contributed by atoms with van der Waals surface area (Å²) >= 11 is 5.93. The molecule has 1 N–H and O–H groups in total. The molecule has 0 aliphatic carbocycles. The van der Waals surface area contributed by atoms with E-state index in [0.29, 0.717) is 17.1 Å². The van der Waals surface area contributed by atoms with Crippen molar-refractivity contribution in [2.75, 3.05) is 20.6 Å². The normalized spacial score (nSPS) is 10.7. The molecule has 130 valence electrons. The SMILES string of the molecule is CN(C)C(=O)c1ccc(/C=C/C(=O)NCCc2cccc(Cl)c2)cc1. The number of nitrogens with zero attached hydrogens (tertiary/aromatic N) is 1. The highest BCUT2D eigenvalue weighted by atomic mass is 35.5. The van der Waals surface area contributed by atoms with Gasteiger partial charge < -0.3 is 10.2 Å². The molecule has 0 aromatic heterocycles. The number of benzene rings is 2. The molecule has 2 amide bonds. The number of hydrogen-bond acceptors (Lipinski definition) is 2. The topological polar surface area (TPSA) is 49.4 Å². The zero-order valence-corrected chi connectivity index (χ0v) is 15.1. The quantitative estimate of drug-likeness (QED) is 0.806. The third kappa shape index (κ3) is 6.08. The molecule has 5 heteroatoms. The highest BCUT2D eigenvalue weighted by Crippen LogP contribution is 2.11. The molecule has 0 bridgehead atoms. The highest BCUT2D eigenvalue weighted by molar-refractivity contribution is 6.30. The van der Waals surface area contributed by atoms with Gasteiger partial charge in [-0.05, 0) is 47.9 Å². The Kier molecular flexibility index (Phi) is 6.78. The first-order valence-corrected chi connectivity index (χ1v) is 8.35. The summed E-state index contributed by atoms with van der Waals surface area (Å²) in [7, 11) is 3.42. The van der Waals surface area contributed by atoms with E-state index in [1.165, 1.54) is 11.0 Å². The minimum Gasteiger partial charge on any atom is -0.352 e. The van der Waals surface area contributed by atoms with Crippen LogP contribution in [-0.2, 0) is 11.2 Å². The van der Waals surface area contributed by atoms with Crippen molar-refractivity contribution < 1.29 is 9.59 Å². The lowest BCUT2D eigenvalue weighted by atomic mass is 10.1. The van der Waals surface area contributed by atoms with E-state index in [1.807, 2.05) is 36.4 Å². The van der Waals surface area contributed by atoms with Gasteiger partial charge in [0.2, 0.25) is 5.91 Å². The van der Waals surface area contributed by atoms with Crippen LogP contribution in [0.5, 0.6) is 0 Å². The summed E-state index contributed by atoms with van der Waals surface area (Å²) in [6.45, 7) is 0.541. The molecular weight excluding hydrogens is 336 g/mol. The first-order chi connectivity index (χ1) is 12.0. The highest BCUT2D eigenvalue weighted by Gasteiger charge is 2.06. The third-order valence-electron chi connectivity index (χ3n) is 3.59. The van der Waals surface area contributed by atoms with E-state index in [0.717, 1.165) is 17.5 Å². The van der Waals surface area contributed by atoms with Crippen molar-refractivity contribution in [3.05, 3.63) is 76.3 Å². The lowest BCUT2D eigenvalue weighted by molar-refractivity contribution is -0.116. The van der Waals surface area contributed by atoms with E-state index in [4.69, 9.17) is 11.6 Å². The van der Waals surface area contributed by atoms with Crippen LogP contribution in [0.2, 0.25) is 5.02 Å². The molecule has 0 radical (unpaired) electrons. The van der Waals surface area contributed by atoms with Gasteiger partial charge in [0, 0.05) is 37.3 Å². The summed E-state index contributed by atoms with van der Waals surface area (Å²) in [5, 5.41) is 3.53. The van der Waals surface area contributed by atoms with Crippen molar-refractivity contribution in [3.63, 3.8) is 0 Å². The molecule has 0 saturated heterocycles. The summed E-state index contributed by atoms with van der Waals surface area (Å²) in [5.41, 5.74) is 2.56. The Hall–Kier alpha value is -2.59. The number of carbonyl (C=O) groups excluding carboxylic acids is 2. The van der Waals surface area contributed by atoms with Crippen molar-refractivity contribution in [1.82, 2.24) is 10.2 Å². The van der Waals surface area contributed by atoms with E-state index in [-0.39, 0.29) is 11.8 Å². The fourth-order valence-electron chi connectivity index (χ4n) is 2.25. The average molecular weight is 357 g/mol. The maximum Gasteiger partial charge on any atom is 0.253 e. The number of carbonyl (C=O) groups is 2. The van der Waals surface area contributed by atoms with Crippen molar-refractivity contribution in [2.45, 2.75) is 6.42 Å². The molecule has 0 saturated carbocycles. The van der Waals surface area contributed by atoms with Gasteiger partial charge in [0.15, 0.2) is 0 Å². The summed E-state index contributed by atoms with van der Waals surface area (Å²) in [4.78, 5) is 25.2. The van der Waals surface area contributed by atoms with Crippen LogP contribution in [0.25, 0.3) is 6.08 Å². The molecule has 2 aromatic rings. The predicted molar refractivity (Wildman–Crippen MR) is 102 cm³/mol. The number of halogens is 1. The van der Waals surface area contributed by atoms with Crippen molar-refractivity contribution in [1.29, 1.82) is 0 Å². The van der Waals surface area contributed by atoms with Gasteiger partial charge in [0.25, 0.3) is 5.91 Å². The van der Waals surface area contributed by atoms with Gasteiger partial charge in [0.1, 0.15) is 0 Å². The molecule has 0 atom stereocenters. The van der Waals surface area contributed by atoms with Gasteiger partial charge in [0.05, 0.1) is 0 Å². The van der Waals surface area contributed by atoms with E-state index in [2.05, 4.69) is 5.32 Å². The average Bonchev–Trinajstić information content (AvgIpc) is 2.60. The van der Waals surface area contributed by atoms with E-state index in [1.54, 1.807) is 32.3 Å². The second-order valence-electron chi connectivity index (χ2n) is 5.83. The van der Waals surface area contributed by atoms with E-state index >= 15 is 0 Å².